The molecule has 7 heteroatoms. The van der Waals surface area contributed by atoms with Gasteiger partial charge in [-0.05, 0) is 30.0 Å². The summed E-state index contributed by atoms with van der Waals surface area (Å²) < 4.78 is 24.9. The van der Waals surface area contributed by atoms with E-state index in [2.05, 4.69) is 12.2 Å². The molecule has 3 N–H and O–H groups in total. The minimum atomic E-state index is -3.11. The predicted octanol–water partition coefficient (Wildman–Crippen LogP) is 0.935. The Morgan fingerprint density at radius 3 is 2.52 bits per heavy atom. The van der Waals surface area contributed by atoms with Crippen molar-refractivity contribution in [2.45, 2.75) is 32.4 Å². The molecule has 2 atom stereocenters. The Morgan fingerprint density at radius 1 is 1.35 bits per heavy atom. The number of hydrogen-bond acceptors (Lipinski definition) is 4. The van der Waals surface area contributed by atoms with Gasteiger partial charge in [-0.15, -0.1) is 0 Å². The molecule has 0 radical (unpaired) electrons. The molecular formula is C16H25N3O3S. The third-order valence-electron chi connectivity index (χ3n) is 4.50. The van der Waals surface area contributed by atoms with Gasteiger partial charge in [-0.2, -0.15) is 0 Å². The van der Waals surface area contributed by atoms with Gasteiger partial charge in [0.25, 0.3) is 0 Å². The molecule has 1 aliphatic heterocycles. The van der Waals surface area contributed by atoms with Crippen molar-refractivity contribution in [1.29, 1.82) is 0 Å². The molecule has 1 aliphatic rings. The maximum atomic E-state index is 11.7. The van der Waals surface area contributed by atoms with Gasteiger partial charge in [-0.3, -0.25) is 4.79 Å². The number of nitrogens with one attached hydrogen (secondary N) is 1. The first-order valence-electron chi connectivity index (χ1n) is 7.88. The Balaban J connectivity index is 1.93. The van der Waals surface area contributed by atoms with Crippen LogP contribution in [0.2, 0.25) is 0 Å². The molecule has 0 aromatic heterocycles. The van der Waals surface area contributed by atoms with E-state index < -0.39 is 15.9 Å². The summed E-state index contributed by atoms with van der Waals surface area (Å²) in [7, 11) is -3.11. The summed E-state index contributed by atoms with van der Waals surface area (Å²) in [6.45, 7) is 3.92. The predicted molar refractivity (Wildman–Crippen MR) is 90.4 cm³/mol. The largest absolute Gasteiger partial charge is 0.366 e. The van der Waals surface area contributed by atoms with Gasteiger partial charge >= 0.3 is 0 Å². The second kappa shape index (κ2) is 7.42. The number of piperidine rings is 1. The summed E-state index contributed by atoms with van der Waals surface area (Å²) in [5, 5.41) is 3.52. The van der Waals surface area contributed by atoms with E-state index in [1.54, 1.807) is 16.4 Å². The van der Waals surface area contributed by atoms with Crippen LogP contribution in [0.25, 0.3) is 0 Å². The summed E-state index contributed by atoms with van der Waals surface area (Å²) in [6, 6.07) is 7.53. The van der Waals surface area contributed by atoms with Crippen LogP contribution in [0, 0.1) is 5.92 Å². The maximum absolute atomic E-state index is 11.7. The number of benzene rings is 1. The Labute approximate surface area is 138 Å². The van der Waals surface area contributed by atoms with Crippen molar-refractivity contribution < 1.29 is 13.2 Å². The first kappa shape index (κ1) is 17.9. The number of nitrogens with zero attached hydrogens (tertiary/aromatic N) is 1. The van der Waals surface area contributed by atoms with Crippen LogP contribution in [-0.2, 0) is 16.6 Å². The van der Waals surface area contributed by atoms with Gasteiger partial charge in [0.1, 0.15) is 0 Å². The number of sulfonamides is 1. The zero-order valence-electron chi connectivity index (χ0n) is 13.7. The van der Waals surface area contributed by atoms with Crippen LogP contribution in [0.1, 0.15) is 35.7 Å². The van der Waals surface area contributed by atoms with E-state index in [4.69, 9.17) is 5.73 Å². The molecule has 1 heterocycles. The fourth-order valence-electron chi connectivity index (χ4n) is 3.02. The minimum Gasteiger partial charge on any atom is -0.366 e. The fraction of sp³-hybridized carbons (Fsp3) is 0.562. The van der Waals surface area contributed by atoms with Crippen molar-refractivity contribution in [3.05, 3.63) is 35.4 Å². The quantitative estimate of drug-likeness (QED) is 0.806. The highest BCUT2D eigenvalue weighted by atomic mass is 32.2. The molecule has 0 aliphatic carbocycles. The first-order chi connectivity index (χ1) is 10.8. The molecule has 2 rings (SSSR count). The van der Waals surface area contributed by atoms with Crippen LogP contribution in [-0.4, -0.2) is 44.0 Å². The lowest BCUT2D eigenvalue weighted by molar-refractivity contribution is 0.1000. The van der Waals surface area contributed by atoms with Crippen molar-refractivity contribution in [2.75, 3.05) is 19.3 Å². The van der Waals surface area contributed by atoms with Crippen LogP contribution in [0.15, 0.2) is 24.3 Å². The van der Waals surface area contributed by atoms with Crippen molar-refractivity contribution >= 4 is 15.9 Å². The Kier molecular flexibility index (Phi) is 5.78. The second-order valence-corrected chi connectivity index (χ2v) is 8.11. The Hall–Kier alpha value is -1.44. The second-order valence-electron chi connectivity index (χ2n) is 6.13. The number of carbonyl (C=O) groups excluding carboxylic acids is 1. The highest BCUT2D eigenvalue weighted by Gasteiger charge is 2.31. The Morgan fingerprint density at radius 2 is 2.00 bits per heavy atom. The van der Waals surface area contributed by atoms with E-state index in [0.29, 0.717) is 37.2 Å². The van der Waals surface area contributed by atoms with E-state index in [-0.39, 0.29) is 0 Å². The van der Waals surface area contributed by atoms with Crippen LogP contribution in [0.4, 0.5) is 0 Å². The molecular weight excluding hydrogens is 314 g/mol. The zero-order valence-corrected chi connectivity index (χ0v) is 14.5. The SMILES string of the molecule is CC[C@H]1CN(S(C)(=O)=O)CC[C@@H]1NCc1ccc(C(N)=O)cc1. The molecule has 1 aromatic carbocycles. The van der Waals surface area contributed by atoms with Crippen LogP contribution in [0.3, 0.4) is 0 Å². The number of amides is 1. The normalized spacial score (nSPS) is 22.9. The molecule has 0 bridgehead atoms. The molecule has 1 saturated heterocycles. The fourth-order valence-corrected chi connectivity index (χ4v) is 3.92. The standard InChI is InChI=1S/C16H25N3O3S/c1-3-13-11-19(23(2,21)22)9-8-15(13)18-10-12-4-6-14(7-5-12)16(17)20/h4-7,13,15,18H,3,8-11H2,1-2H3,(H2,17,20)/t13-,15-/m0/s1. The lowest BCUT2D eigenvalue weighted by Gasteiger charge is -2.37. The molecule has 1 amide bonds. The van der Waals surface area contributed by atoms with Crippen LogP contribution >= 0.6 is 0 Å². The summed E-state index contributed by atoms with van der Waals surface area (Å²) in [4.78, 5) is 11.1. The highest BCUT2D eigenvalue weighted by molar-refractivity contribution is 7.88. The monoisotopic (exact) mass is 339 g/mol. The van der Waals surface area contributed by atoms with Gasteiger partial charge < -0.3 is 11.1 Å². The summed E-state index contributed by atoms with van der Waals surface area (Å²) >= 11 is 0. The number of carbonyl (C=O) groups is 1. The van der Waals surface area contributed by atoms with E-state index >= 15 is 0 Å². The number of hydrogen-bond donors (Lipinski definition) is 2. The van der Waals surface area contributed by atoms with E-state index in [0.717, 1.165) is 18.4 Å². The van der Waals surface area contributed by atoms with Gasteiger partial charge in [0.15, 0.2) is 0 Å². The van der Waals surface area contributed by atoms with E-state index in [1.165, 1.54) is 6.26 Å². The summed E-state index contributed by atoms with van der Waals surface area (Å²) in [5.74, 6) is -0.118. The first-order valence-corrected chi connectivity index (χ1v) is 9.73. The molecule has 0 unspecified atom stereocenters. The molecule has 1 aromatic rings. The number of primary amides is 1. The van der Waals surface area contributed by atoms with Crippen molar-refractivity contribution in [3.8, 4) is 0 Å². The summed E-state index contributed by atoms with van der Waals surface area (Å²) in [6.07, 6.45) is 3.02. The van der Waals surface area contributed by atoms with Crippen molar-refractivity contribution in [3.63, 3.8) is 0 Å². The number of rotatable bonds is 6. The average Bonchev–Trinajstić information content (AvgIpc) is 2.52. The number of nitrogens with two attached hydrogens (primary N) is 1. The van der Waals surface area contributed by atoms with Gasteiger partial charge in [-0.1, -0.05) is 25.5 Å². The topological polar surface area (TPSA) is 92.5 Å². The summed E-state index contributed by atoms with van der Waals surface area (Å²) in [5.41, 5.74) is 6.81. The van der Waals surface area contributed by atoms with Crippen LogP contribution in [0.5, 0.6) is 0 Å². The van der Waals surface area contributed by atoms with Crippen molar-refractivity contribution in [1.82, 2.24) is 9.62 Å². The smallest absolute Gasteiger partial charge is 0.248 e. The van der Waals surface area contributed by atoms with Gasteiger partial charge in [0, 0.05) is 31.2 Å². The molecule has 128 valence electrons. The minimum absolute atomic E-state index is 0.300. The lowest BCUT2D eigenvalue weighted by Crippen LogP contribution is -2.50. The maximum Gasteiger partial charge on any atom is 0.248 e. The average molecular weight is 339 g/mol. The van der Waals surface area contributed by atoms with Crippen molar-refractivity contribution in [2.24, 2.45) is 11.7 Å². The molecule has 23 heavy (non-hydrogen) atoms. The van der Waals surface area contributed by atoms with E-state index in [9.17, 15) is 13.2 Å². The highest BCUT2D eigenvalue weighted by Crippen LogP contribution is 2.22. The molecule has 0 saturated carbocycles. The van der Waals surface area contributed by atoms with Crippen LogP contribution < -0.4 is 11.1 Å². The third kappa shape index (κ3) is 4.76. The van der Waals surface area contributed by atoms with Gasteiger partial charge in [-0.25, -0.2) is 12.7 Å². The Bertz CT molecular complexity index is 643. The van der Waals surface area contributed by atoms with Gasteiger partial charge in [0.2, 0.25) is 15.9 Å². The molecule has 1 fully saturated rings. The lowest BCUT2D eigenvalue weighted by atomic mass is 9.91. The van der Waals surface area contributed by atoms with Gasteiger partial charge in [0.05, 0.1) is 6.26 Å². The zero-order chi connectivity index (χ0) is 17.0. The van der Waals surface area contributed by atoms with E-state index in [1.807, 2.05) is 12.1 Å². The molecule has 6 nitrogen and oxygen atoms in total. The molecule has 0 spiro atoms. The third-order valence-corrected chi connectivity index (χ3v) is 5.77.